The van der Waals surface area contributed by atoms with E-state index in [2.05, 4.69) is 5.32 Å². The number of rotatable bonds is 7. The Kier molecular flexibility index (Phi) is 6.93. The van der Waals surface area contributed by atoms with Gasteiger partial charge < -0.3 is 5.32 Å². The van der Waals surface area contributed by atoms with E-state index in [1.807, 2.05) is 27.7 Å². The van der Waals surface area contributed by atoms with Crippen molar-refractivity contribution >= 4 is 21.6 Å². The van der Waals surface area contributed by atoms with Crippen molar-refractivity contribution in [2.75, 3.05) is 10.6 Å². The molecule has 142 valence electrons. The highest BCUT2D eigenvalue weighted by molar-refractivity contribution is 7.92. The molecule has 1 aromatic rings. The van der Waals surface area contributed by atoms with E-state index in [-0.39, 0.29) is 23.6 Å². The average molecular weight is 376 g/mol. The van der Waals surface area contributed by atoms with Gasteiger partial charge in [-0.1, -0.05) is 27.7 Å². The van der Waals surface area contributed by atoms with E-state index in [9.17, 15) is 22.0 Å². The second kappa shape index (κ2) is 8.12. The minimum Gasteiger partial charge on any atom is -0.351 e. The smallest absolute Gasteiger partial charge is 0.243 e. The van der Waals surface area contributed by atoms with Gasteiger partial charge in [0.1, 0.15) is 6.04 Å². The summed E-state index contributed by atoms with van der Waals surface area (Å²) in [6.07, 6.45) is 0.917. The molecule has 1 amide bonds. The average Bonchev–Trinajstić information content (AvgIpc) is 2.46. The molecule has 0 spiro atoms. The van der Waals surface area contributed by atoms with E-state index >= 15 is 0 Å². The molecule has 0 saturated carbocycles. The summed E-state index contributed by atoms with van der Waals surface area (Å²) in [7, 11) is -3.88. The zero-order valence-corrected chi connectivity index (χ0v) is 16.2. The van der Waals surface area contributed by atoms with Gasteiger partial charge in [-0.15, -0.1) is 0 Å². The van der Waals surface area contributed by atoms with Crippen molar-refractivity contribution in [3.05, 3.63) is 29.8 Å². The predicted octanol–water partition coefficient (Wildman–Crippen LogP) is 2.92. The highest BCUT2D eigenvalue weighted by Gasteiger charge is 2.31. The number of hydrogen-bond donors (Lipinski definition) is 1. The van der Waals surface area contributed by atoms with Crippen molar-refractivity contribution in [3.63, 3.8) is 0 Å². The van der Waals surface area contributed by atoms with Crippen LogP contribution < -0.4 is 9.62 Å². The number of hydrogen-bond acceptors (Lipinski definition) is 3. The van der Waals surface area contributed by atoms with Crippen LogP contribution in [-0.2, 0) is 14.8 Å². The molecule has 0 saturated heterocycles. The highest BCUT2D eigenvalue weighted by atomic mass is 32.2. The largest absolute Gasteiger partial charge is 0.351 e. The predicted molar refractivity (Wildman–Crippen MR) is 94.7 cm³/mol. The number of nitrogens with one attached hydrogen (secondary N) is 1. The van der Waals surface area contributed by atoms with Gasteiger partial charge in [0.25, 0.3) is 0 Å². The van der Waals surface area contributed by atoms with Crippen LogP contribution in [0.3, 0.4) is 0 Å². The van der Waals surface area contributed by atoms with E-state index in [1.165, 1.54) is 6.92 Å². The van der Waals surface area contributed by atoms with Crippen molar-refractivity contribution < 1.29 is 22.0 Å². The second-order valence-corrected chi connectivity index (χ2v) is 8.72. The molecule has 1 atom stereocenters. The molecular weight excluding hydrogens is 350 g/mol. The van der Waals surface area contributed by atoms with Gasteiger partial charge in [-0.05, 0) is 30.9 Å². The second-order valence-electron chi connectivity index (χ2n) is 6.86. The van der Waals surface area contributed by atoms with Crippen molar-refractivity contribution in [1.82, 2.24) is 5.32 Å². The Morgan fingerprint density at radius 3 is 1.96 bits per heavy atom. The lowest BCUT2D eigenvalue weighted by Gasteiger charge is -2.32. The van der Waals surface area contributed by atoms with E-state index in [0.29, 0.717) is 0 Å². The zero-order chi connectivity index (χ0) is 19.5. The topological polar surface area (TPSA) is 66.5 Å². The third-order valence-electron chi connectivity index (χ3n) is 3.99. The van der Waals surface area contributed by atoms with Crippen molar-refractivity contribution in [2.45, 2.75) is 46.7 Å². The fourth-order valence-corrected chi connectivity index (χ4v) is 3.99. The van der Waals surface area contributed by atoms with Gasteiger partial charge >= 0.3 is 0 Å². The number of sulfonamides is 1. The number of nitrogens with zero attached hydrogens (tertiary/aromatic N) is 1. The maximum absolute atomic E-state index is 13.5. The third-order valence-corrected chi connectivity index (χ3v) is 5.23. The summed E-state index contributed by atoms with van der Waals surface area (Å²) in [4.78, 5) is 12.6. The summed E-state index contributed by atoms with van der Waals surface area (Å²) in [5.41, 5.74) is -0.102. The number of carbonyl (C=O) groups is 1. The van der Waals surface area contributed by atoms with Crippen LogP contribution in [0.4, 0.5) is 14.5 Å². The van der Waals surface area contributed by atoms with Gasteiger partial charge in [-0.3, -0.25) is 9.10 Å². The van der Waals surface area contributed by atoms with Crippen molar-refractivity contribution in [3.8, 4) is 0 Å². The highest BCUT2D eigenvalue weighted by Crippen LogP contribution is 2.23. The van der Waals surface area contributed by atoms with E-state index in [0.717, 1.165) is 28.8 Å². The molecule has 1 N–H and O–H groups in total. The summed E-state index contributed by atoms with van der Waals surface area (Å²) in [5, 5.41) is 2.85. The third kappa shape index (κ3) is 5.39. The summed E-state index contributed by atoms with van der Waals surface area (Å²) in [6, 6.07) is 1.48. The lowest BCUT2D eigenvalue weighted by molar-refractivity contribution is -0.123. The molecular formula is C17H26F2N2O3S. The monoisotopic (exact) mass is 376 g/mol. The maximum atomic E-state index is 13.5. The van der Waals surface area contributed by atoms with Gasteiger partial charge in [0.2, 0.25) is 15.9 Å². The lowest BCUT2D eigenvalue weighted by Crippen LogP contribution is -2.52. The van der Waals surface area contributed by atoms with Crippen LogP contribution in [0.2, 0.25) is 0 Å². The molecule has 0 radical (unpaired) electrons. The SMILES string of the molecule is CC(C)C(NC(=O)C(C)N(c1ccc(F)c(F)c1)S(C)(=O)=O)C(C)C. The summed E-state index contributed by atoms with van der Waals surface area (Å²) in [6.45, 7) is 9.24. The number of benzene rings is 1. The maximum Gasteiger partial charge on any atom is 0.243 e. The summed E-state index contributed by atoms with van der Waals surface area (Å²) in [5.74, 6) is -2.45. The fraction of sp³-hybridized carbons (Fsp3) is 0.588. The van der Waals surface area contributed by atoms with Crippen LogP contribution in [0, 0.1) is 23.5 Å². The first kappa shape index (κ1) is 21.3. The Bertz CT molecular complexity index is 713. The number of amides is 1. The molecule has 0 aromatic heterocycles. The first-order valence-corrected chi connectivity index (χ1v) is 9.96. The Morgan fingerprint density at radius 1 is 1.04 bits per heavy atom. The standard InChI is InChI=1S/C17H26F2N2O3S/c1-10(2)16(11(3)4)20-17(22)12(5)21(25(6,23)24)13-7-8-14(18)15(19)9-13/h7-12,16H,1-6H3,(H,20,22). The summed E-state index contributed by atoms with van der Waals surface area (Å²) >= 11 is 0. The quantitative estimate of drug-likeness (QED) is 0.796. The van der Waals surface area contributed by atoms with Gasteiger partial charge in [0.15, 0.2) is 11.6 Å². The molecule has 25 heavy (non-hydrogen) atoms. The van der Waals surface area contributed by atoms with E-state index in [4.69, 9.17) is 0 Å². The lowest BCUT2D eigenvalue weighted by atomic mass is 9.93. The summed E-state index contributed by atoms with van der Waals surface area (Å²) < 4.78 is 51.8. The number of carbonyl (C=O) groups excluding carboxylic acids is 1. The Labute approximate surface area is 148 Å². The van der Waals surface area contributed by atoms with Gasteiger partial charge in [-0.2, -0.15) is 0 Å². The molecule has 1 aromatic carbocycles. The molecule has 0 heterocycles. The first-order chi connectivity index (χ1) is 11.4. The molecule has 0 aliphatic heterocycles. The minimum atomic E-state index is -3.88. The van der Waals surface area contributed by atoms with Crippen LogP contribution in [0.15, 0.2) is 18.2 Å². The molecule has 5 nitrogen and oxygen atoms in total. The fourth-order valence-electron chi connectivity index (χ4n) is 2.82. The zero-order valence-electron chi connectivity index (χ0n) is 15.4. The normalized spacial score (nSPS) is 13.4. The molecule has 1 rings (SSSR count). The van der Waals surface area contributed by atoms with Gasteiger partial charge in [-0.25, -0.2) is 17.2 Å². The molecule has 0 bridgehead atoms. The van der Waals surface area contributed by atoms with Crippen LogP contribution >= 0.6 is 0 Å². The van der Waals surface area contributed by atoms with Crippen molar-refractivity contribution in [1.29, 1.82) is 0 Å². The minimum absolute atomic E-state index is 0.102. The van der Waals surface area contributed by atoms with Crippen LogP contribution in [0.1, 0.15) is 34.6 Å². The molecule has 0 aliphatic rings. The van der Waals surface area contributed by atoms with Crippen LogP contribution in [-0.4, -0.2) is 32.7 Å². The number of halogens is 2. The van der Waals surface area contributed by atoms with Gasteiger partial charge in [0, 0.05) is 12.1 Å². The van der Waals surface area contributed by atoms with Crippen LogP contribution in [0.25, 0.3) is 0 Å². The Balaban J connectivity index is 3.19. The number of anilines is 1. The Hall–Kier alpha value is -1.70. The van der Waals surface area contributed by atoms with Gasteiger partial charge in [0.05, 0.1) is 11.9 Å². The van der Waals surface area contributed by atoms with Crippen LogP contribution in [0.5, 0.6) is 0 Å². The van der Waals surface area contributed by atoms with E-state index in [1.54, 1.807) is 0 Å². The first-order valence-electron chi connectivity index (χ1n) is 8.11. The Morgan fingerprint density at radius 2 is 1.56 bits per heavy atom. The molecule has 1 unspecified atom stereocenters. The molecule has 0 fully saturated rings. The van der Waals surface area contributed by atoms with Crippen molar-refractivity contribution in [2.24, 2.45) is 11.8 Å². The molecule has 8 heteroatoms. The van der Waals surface area contributed by atoms with E-state index < -0.39 is 33.6 Å². The molecule has 0 aliphatic carbocycles.